The fraction of sp³-hybridized carbons (Fsp3) is 0.200. The Bertz CT molecular complexity index is 1610. The first-order chi connectivity index (χ1) is 19.8. The van der Waals surface area contributed by atoms with Gasteiger partial charge >= 0.3 is 12.1 Å². The molecule has 4 rings (SSSR count). The SMILES string of the molecule is Cc1ccc(C(=O)N(c2ccc(Oc3ncc(CNc4ccnc(Cl)c4)cc3C(F)(F)F)cc2C(=O)O)C(C)C)cc1. The fourth-order valence-corrected chi connectivity index (χ4v) is 4.30. The van der Waals surface area contributed by atoms with Gasteiger partial charge in [-0.05, 0) is 74.9 Å². The number of carbonyl (C=O) groups is 2. The van der Waals surface area contributed by atoms with E-state index in [1.807, 2.05) is 6.92 Å². The zero-order chi connectivity index (χ0) is 30.6. The predicted octanol–water partition coefficient (Wildman–Crippen LogP) is 7.62. The highest BCUT2D eigenvalue weighted by Crippen LogP contribution is 2.38. The number of nitrogens with zero attached hydrogens (tertiary/aromatic N) is 3. The molecule has 2 aromatic heterocycles. The summed E-state index contributed by atoms with van der Waals surface area (Å²) in [5, 5.41) is 13.1. The van der Waals surface area contributed by atoms with Gasteiger partial charge in [-0.3, -0.25) is 4.79 Å². The van der Waals surface area contributed by atoms with Crippen molar-refractivity contribution in [2.45, 2.75) is 39.5 Å². The van der Waals surface area contributed by atoms with Crippen molar-refractivity contribution in [3.8, 4) is 11.6 Å². The van der Waals surface area contributed by atoms with Crippen LogP contribution in [0.3, 0.4) is 0 Å². The number of aromatic carboxylic acids is 1. The van der Waals surface area contributed by atoms with Gasteiger partial charge in [0.2, 0.25) is 5.88 Å². The Morgan fingerprint density at radius 3 is 2.38 bits per heavy atom. The molecule has 0 spiro atoms. The lowest BCUT2D eigenvalue weighted by atomic mass is 10.1. The summed E-state index contributed by atoms with van der Waals surface area (Å²) in [4.78, 5) is 34.6. The maximum atomic E-state index is 14.0. The highest BCUT2D eigenvalue weighted by molar-refractivity contribution is 6.29. The molecule has 0 aliphatic carbocycles. The Labute approximate surface area is 244 Å². The van der Waals surface area contributed by atoms with Gasteiger partial charge < -0.3 is 20.1 Å². The second-order valence-corrected chi connectivity index (χ2v) is 10.0. The normalized spacial score (nSPS) is 11.3. The van der Waals surface area contributed by atoms with Crippen LogP contribution in [0.5, 0.6) is 11.6 Å². The second-order valence-electron chi connectivity index (χ2n) is 9.64. The summed E-state index contributed by atoms with van der Waals surface area (Å²) in [7, 11) is 0. The van der Waals surface area contributed by atoms with Crippen molar-refractivity contribution in [2.24, 2.45) is 0 Å². The lowest BCUT2D eigenvalue weighted by Gasteiger charge is -2.28. The molecule has 0 radical (unpaired) electrons. The molecule has 1 amide bonds. The van der Waals surface area contributed by atoms with E-state index in [2.05, 4.69) is 15.3 Å². The molecule has 0 aliphatic heterocycles. The van der Waals surface area contributed by atoms with Crippen LogP contribution >= 0.6 is 11.6 Å². The zero-order valence-corrected chi connectivity index (χ0v) is 23.5. The zero-order valence-electron chi connectivity index (χ0n) is 22.7. The van der Waals surface area contributed by atoms with Crippen LogP contribution in [0.25, 0.3) is 0 Å². The van der Waals surface area contributed by atoms with E-state index >= 15 is 0 Å². The number of carbonyl (C=O) groups excluding carboxylic acids is 1. The number of halogens is 4. The summed E-state index contributed by atoms with van der Waals surface area (Å²) < 4.78 is 47.4. The third-order valence-electron chi connectivity index (χ3n) is 6.14. The molecule has 0 saturated heterocycles. The second kappa shape index (κ2) is 12.5. The Hall–Kier alpha value is -4.64. The van der Waals surface area contributed by atoms with Gasteiger partial charge in [0.1, 0.15) is 16.5 Å². The molecule has 8 nitrogen and oxygen atoms in total. The van der Waals surface area contributed by atoms with Crippen molar-refractivity contribution < 1.29 is 32.6 Å². The minimum absolute atomic E-state index is 0.00854. The number of carboxylic acid groups (broad SMARTS) is 1. The third kappa shape index (κ3) is 7.16. The quantitative estimate of drug-likeness (QED) is 0.191. The number of nitrogens with one attached hydrogen (secondary N) is 1. The van der Waals surface area contributed by atoms with Crippen molar-refractivity contribution >= 4 is 34.9 Å². The van der Waals surface area contributed by atoms with Gasteiger partial charge in [0.25, 0.3) is 5.91 Å². The standard InChI is InChI=1S/C30H26ClF3N4O4/c1-17(2)38(28(39)20-6-4-18(3)5-7-20)25-9-8-22(14-23(25)29(40)41)42-27-24(30(32,33)34)12-19(16-37-27)15-36-21-10-11-35-26(31)13-21/h4-14,16-17H,15H2,1-3H3,(H,35,36)(H,40,41). The molecule has 0 unspecified atom stereocenters. The largest absolute Gasteiger partial charge is 0.478 e. The van der Waals surface area contributed by atoms with E-state index in [1.165, 1.54) is 35.5 Å². The number of alkyl halides is 3. The Balaban J connectivity index is 1.64. The molecular formula is C30H26ClF3N4O4. The summed E-state index contributed by atoms with van der Waals surface area (Å²) in [6.07, 6.45) is -2.15. The third-order valence-corrected chi connectivity index (χ3v) is 6.35. The number of hydrogen-bond donors (Lipinski definition) is 2. The summed E-state index contributed by atoms with van der Waals surface area (Å²) in [5.74, 6) is -2.77. The highest BCUT2D eigenvalue weighted by atomic mass is 35.5. The van der Waals surface area contributed by atoms with Crippen LogP contribution in [0.15, 0.2) is 73.1 Å². The molecule has 0 bridgehead atoms. The first-order valence-corrected chi connectivity index (χ1v) is 13.1. The number of carboxylic acids is 1. The first kappa shape index (κ1) is 30.3. The van der Waals surface area contributed by atoms with E-state index in [0.717, 1.165) is 17.7 Å². The summed E-state index contributed by atoms with van der Waals surface area (Å²) in [6, 6.07) is 14.1. The lowest BCUT2D eigenvalue weighted by molar-refractivity contribution is -0.138. The molecule has 42 heavy (non-hydrogen) atoms. The monoisotopic (exact) mass is 598 g/mol. The van der Waals surface area contributed by atoms with Gasteiger partial charge in [-0.2, -0.15) is 13.2 Å². The van der Waals surface area contributed by atoms with Gasteiger partial charge in [0, 0.05) is 36.2 Å². The van der Waals surface area contributed by atoms with Crippen molar-refractivity contribution in [3.63, 3.8) is 0 Å². The molecule has 0 fully saturated rings. The summed E-state index contributed by atoms with van der Waals surface area (Å²) in [6.45, 7) is 5.33. The Morgan fingerprint density at radius 2 is 1.76 bits per heavy atom. The van der Waals surface area contributed by atoms with E-state index in [1.54, 1.807) is 44.2 Å². The average molecular weight is 599 g/mol. The number of aryl methyl sites for hydroxylation is 1. The Morgan fingerprint density at radius 1 is 1.05 bits per heavy atom. The van der Waals surface area contributed by atoms with Crippen LogP contribution in [-0.4, -0.2) is 33.0 Å². The first-order valence-electron chi connectivity index (χ1n) is 12.7. The molecule has 0 aliphatic rings. The van der Waals surface area contributed by atoms with Crippen LogP contribution in [0.2, 0.25) is 5.15 Å². The number of aromatic nitrogens is 2. The maximum Gasteiger partial charge on any atom is 0.421 e. The molecule has 4 aromatic rings. The van der Waals surface area contributed by atoms with Crippen molar-refractivity contribution in [3.05, 3.63) is 106 Å². The maximum absolute atomic E-state index is 14.0. The number of benzene rings is 2. The van der Waals surface area contributed by atoms with Crippen LogP contribution in [-0.2, 0) is 12.7 Å². The van der Waals surface area contributed by atoms with Crippen LogP contribution in [0, 0.1) is 6.92 Å². The number of ether oxygens (including phenoxy) is 1. The van der Waals surface area contributed by atoms with E-state index in [9.17, 15) is 27.9 Å². The van der Waals surface area contributed by atoms with Gasteiger partial charge in [-0.25, -0.2) is 14.8 Å². The lowest BCUT2D eigenvalue weighted by Crippen LogP contribution is -2.38. The molecule has 2 aromatic carbocycles. The van der Waals surface area contributed by atoms with Gasteiger partial charge in [-0.15, -0.1) is 0 Å². The van der Waals surface area contributed by atoms with E-state index in [0.29, 0.717) is 11.3 Å². The van der Waals surface area contributed by atoms with Crippen LogP contribution in [0.1, 0.15) is 51.3 Å². The van der Waals surface area contributed by atoms with E-state index in [4.69, 9.17) is 16.3 Å². The summed E-state index contributed by atoms with van der Waals surface area (Å²) in [5.41, 5.74) is 0.669. The van der Waals surface area contributed by atoms with E-state index in [-0.39, 0.29) is 34.3 Å². The highest BCUT2D eigenvalue weighted by Gasteiger charge is 2.36. The molecule has 0 saturated carbocycles. The topological polar surface area (TPSA) is 105 Å². The number of pyridine rings is 2. The van der Waals surface area contributed by atoms with Crippen LogP contribution < -0.4 is 15.0 Å². The van der Waals surface area contributed by atoms with Gasteiger partial charge in [0.05, 0.1) is 11.3 Å². The fourth-order valence-electron chi connectivity index (χ4n) is 4.12. The molecule has 0 atom stereocenters. The van der Waals surface area contributed by atoms with E-state index < -0.39 is 35.5 Å². The molecule has 12 heteroatoms. The number of amides is 1. The minimum Gasteiger partial charge on any atom is -0.478 e. The molecule has 2 heterocycles. The minimum atomic E-state index is -4.82. The Kier molecular flexibility index (Phi) is 9.01. The molecule has 2 N–H and O–H groups in total. The van der Waals surface area contributed by atoms with Crippen molar-refractivity contribution in [1.82, 2.24) is 9.97 Å². The molecule has 218 valence electrons. The van der Waals surface area contributed by atoms with Crippen molar-refractivity contribution in [1.29, 1.82) is 0 Å². The van der Waals surface area contributed by atoms with Crippen LogP contribution in [0.4, 0.5) is 24.5 Å². The van der Waals surface area contributed by atoms with Crippen molar-refractivity contribution in [2.75, 3.05) is 10.2 Å². The average Bonchev–Trinajstić information content (AvgIpc) is 2.92. The van der Waals surface area contributed by atoms with Gasteiger partial charge in [-0.1, -0.05) is 29.3 Å². The summed E-state index contributed by atoms with van der Waals surface area (Å²) >= 11 is 5.85. The predicted molar refractivity (Wildman–Crippen MR) is 152 cm³/mol. The number of anilines is 2. The number of rotatable bonds is 9. The van der Waals surface area contributed by atoms with Gasteiger partial charge in [0.15, 0.2) is 0 Å². The smallest absolute Gasteiger partial charge is 0.421 e. The number of hydrogen-bond acceptors (Lipinski definition) is 6. The molecular weight excluding hydrogens is 573 g/mol.